The molecule has 2 aromatic rings. The lowest BCUT2D eigenvalue weighted by Gasteiger charge is -2.28. The van der Waals surface area contributed by atoms with Crippen LogP contribution in [0.15, 0.2) is 29.3 Å². The van der Waals surface area contributed by atoms with Crippen LogP contribution in [0.1, 0.15) is 29.2 Å². The molecular formula is C21H22ClFN4O3. The number of pyridine rings is 2. The van der Waals surface area contributed by atoms with Crippen LogP contribution >= 0.6 is 11.6 Å². The molecule has 2 aromatic heterocycles. The van der Waals surface area contributed by atoms with Crippen molar-refractivity contribution in [2.24, 2.45) is 11.8 Å². The molecule has 1 saturated heterocycles. The third kappa shape index (κ3) is 2.93. The normalized spacial score (nSPS) is 30.0. The van der Waals surface area contributed by atoms with Gasteiger partial charge in [-0.1, -0.05) is 23.8 Å². The molecule has 1 aliphatic heterocycles. The molecule has 0 amide bonds. The van der Waals surface area contributed by atoms with Crippen LogP contribution in [0, 0.1) is 11.8 Å². The topological polar surface area (TPSA) is 87.5 Å². The number of nitrogens with one attached hydrogen (secondary N) is 1. The molecule has 2 N–H and O–H groups in total. The van der Waals surface area contributed by atoms with E-state index in [0.29, 0.717) is 23.2 Å². The molecule has 2 fully saturated rings. The quantitative estimate of drug-likeness (QED) is 0.722. The predicted molar refractivity (Wildman–Crippen MR) is 112 cm³/mol. The molecule has 1 saturated carbocycles. The average Bonchev–Trinajstić information content (AvgIpc) is 3.29. The summed E-state index contributed by atoms with van der Waals surface area (Å²) >= 11 is 6.75. The highest BCUT2D eigenvalue weighted by molar-refractivity contribution is 6.37. The SMILES string of the molecule is CN[C@H]1C=CC[C@H]2CN(c3ncc4c(=O)c(C(=O)O)cn([C@@H]5C[C@@H]5F)c4c3Cl)C[C@H]21. The van der Waals surface area contributed by atoms with Gasteiger partial charge in [-0.3, -0.25) is 4.79 Å². The first-order valence-electron chi connectivity index (χ1n) is 10.1. The number of carboxylic acids is 1. The smallest absolute Gasteiger partial charge is 0.341 e. The molecule has 5 atom stereocenters. The van der Waals surface area contributed by atoms with Crippen molar-refractivity contribution in [3.05, 3.63) is 45.4 Å². The number of fused-ring (bicyclic) bond motifs is 2. The Morgan fingerprint density at radius 3 is 2.83 bits per heavy atom. The lowest BCUT2D eigenvalue weighted by molar-refractivity contribution is 0.0694. The number of aromatic carboxylic acids is 1. The van der Waals surface area contributed by atoms with E-state index in [-0.39, 0.29) is 22.9 Å². The van der Waals surface area contributed by atoms with Gasteiger partial charge < -0.3 is 19.9 Å². The van der Waals surface area contributed by atoms with Gasteiger partial charge in [-0.25, -0.2) is 14.2 Å². The molecule has 3 heterocycles. The molecule has 0 aromatic carbocycles. The zero-order chi connectivity index (χ0) is 21.2. The largest absolute Gasteiger partial charge is 0.477 e. The Kier molecular flexibility index (Phi) is 4.59. The van der Waals surface area contributed by atoms with Crippen LogP contribution in [0.4, 0.5) is 10.2 Å². The van der Waals surface area contributed by atoms with Crippen LogP contribution in [-0.2, 0) is 0 Å². The van der Waals surface area contributed by atoms with E-state index in [1.54, 1.807) is 0 Å². The minimum absolute atomic E-state index is 0.106. The maximum Gasteiger partial charge on any atom is 0.341 e. The summed E-state index contributed by atoms with van der Waals surface area (Å²) in [7, 11) is 1.95. The van der Waals surface area contributed by atoms with Crippen LogP contribution in [0.5, 0.6) is 0 Å². The van der Waals surface area contributed by atoms with E-state index < -0.39 is 29.2 Å². The van der Waals surface area contributed by atoms with Gasteiger partial charge in [0.1, 0.15) is 22.6 Å². The standard InChI is InChI=1S/C21H22ClFN4O3/c1-24-15-4-2-3-10-7-26(8-12(10)15)20-17(22)18-11(6-25-20)19(28)13(21(29)30)9-27(18)16-5-14(16)23/h2,4,6,9-10,12,14-16,24H,3,5,7-8H2,1H3,(H,29,30)/t10-,12+,14-,15-,16+/m0/s1. The van der Waals surface area contributed by atoms with Gasteiger partial charge in [0.25, 0.3) is 0 Å². The molecule has 9 heteroatoms. The van der Waals surface area contributed by atoms with Crippen molar-refractivity contribution in [3.63, 3.8) is 0 Å². The monoisotopic (exact) mass is 432 g/mol. The minimum Gasteiger partial charge on any atom is -0.477 e. The van der Waals surface area contributed by atoms with E-state index in [2.05, 4.69) is 27.4 Å². The Bertz CT molecular complexity index is 1130. The van der Waals surface area contributed by atoms with E-state index >= 15 is 0 Å². The Balaban J connectivity index is 1.62. The fourth-order valence-electron chi connectivity index (χ4n) is 4.95. The molecule has 0 radical (unpaired) electrons. The van der Waals surface area contributed by atoms with Crippen molar-refractivity contribution in [2.75, 3.05) is 25.0 Å². The molecule has 30 heavy (non-hydrogen) atoms. The van der Waals surface area contributed by atoms with E-state index in [4.69, 9.17) is 11.6 Å². The third-order valence-corrected chi connectivity index (χ3v) is 6.98. The third-order valence-electron chi connectivity index (χ3n) is 6.63. The first-order valence-corrected chi connectivity index (χ1v) is 10.5. The summed E-state index contributed by atoms with van der Waals surface area (Å²) < 4.78 is 15.4. The second-order valence-electron chi connectivity index (χ2n) is 8.37. The van der Waals surface area contributed by atoms with Crippen molar-refractivity contribution < 1.29 is 14.3 Å². The van der Waals surface area contributed by atoms with E-state index in [9.17, 15) is 19.1 Å². The van der Waals surface area contributed by atoms with Crippen molar-refractivity contribution in [1.29, 1.82) is 0 Å². The van der Waals surface area contributed by atoms with Gasteiger partial charge in [0.2, 0.25) is 5.43 Å². The van der Waals surface area contributed by atoms with Crippen molar-refractivity contribution in [1.82, 2.24) is 14.9 Å². The van der Waals surface area contributed by atoms with Crippen LogP contribution in [0.25, 0.3) is 10.9 Å². The molecule has 0 bridgehead atoms. The van der Waals surface area contributed by atoms with E-state index in [1.807, 2.05) is 7.05 Å². The maximum atomic E-state index is 13.9. The van der Waals surface area contributed by atoms with Gasteiger partial charge in [0.15, 0.2) is 0 Å². The summed E-state index contributed by atoms with van der Waals surface area (Å²) in [5.41, 5.74) is -0.692. The fraction of sp³-hybridized carbons (Fsp3) is 0.476. The highest BCUT2D eigenvalue weighted by atomic mass is 35.5. The number of aromatic nitrogens is 2. The molecule has 3 aliphatic rings. The van der Waals surface area contributed by atoms with Crippen LogP contribution in [-0.4, -0.2) is 53.0 Å². The van der Waals surface area contributed by atoms with E-state index in [1.165, 1.54) is 17.0 Å². The summed E-state index contributed by atoms with van der Waals surface area (Å²) in [6.45, 7) is 1.56. The molecule has 7 nitrogen and oxygen atoms in total. The van der Waals surface area contributed by atoms with Crippen molar-refractivity contribution >= 4 is 34.3 Å². The number of anilines is 1. The predicted octanol–water partition coefficient (Wildman–Crippen LogP) is 2.63. The molecule has 0 spiro atoms. The lowest BCUT2D eigenvalue weighted by atomic mass is 9.82. The summed E-state index contributed by atoms with van der Waals surface area (Å²) in [4.78, 5) is 30.8. The highest BCUT2D eigenvalue weighted by Gasteiger charge is 2.42. The number of allylic oxidation sites excluding steroid dienone is 1. The Morgan fingerprint density at radius 2 is 2.17 bits per heavy atom. The molecule has 2 aliphatic carbocycles. The number of alkyl halides is 1. The Hall–Kier alpha value is -2.45. The highest BCUT2D eigenvalue weighted by Crippen LogP contribution is 2.44. The number of carbonyl (C=O) groups is 1. The summed E-state index contributed by atoms with van der Waals surface area (Å²) in [5, 5.41) is 13.1. The zero-order valence-corrected chi connectivity index (χ0v) is 17.1. The van der Waals surface area contributed by atoms with Crippen LogP contribution in [0.2, 0.25) is 5.02 Å². The molecule has 5 rings (SSSR count). The van der Waals surface area contributed by atoms with Gasteiger partial charge in [-0.15, -0.1) is 0 Å². The van der Waals surface area contributed by atoms with Gasteiger partial charge >= 0.3 is 5.97 Å². The fourth-order valence-corrected chi connectivity index (χ4v) is 5.31. The van der Waals surface area contributed by atoms with Gasteiger partial charge in [-0.05, 0) is 19.4 Å². The zero-order valence-electron chi connectivity index (χ0n) is 16.4. The van der Waals surface area contributed by atoms with E-state index in [0.717, 1.165) is 19.5 Å². The molecular weight excluding hydrogens is 411 g/mol. The Labute approximate surface area is 177 Å². The summed E-state index contributed by atoms with van der Waals surface area (Å²) in [6, 6.07) is -0.235. The number of rotatable bonds is 4. The van der Waals surface area contributed by atoms with Gasteiger partial charge in [0, 0.05) is 43.9 Å². The maximum absolute atomic E-state index is 13.9. The molecule has 158 valence electrons. The minimum atomic E-state index is -1.35. The second kappa shape index (κ2) is 7.06. The number of hydrogen-bond donors (Lipinski definition) is 2. The first kappa shape index (κ1) is 19.5. The second-order valence-corrected chi connectivity index (χ2v) is 8.75. The summed E-state index contributed by atoms with van der Waals surface area (Å²) in [5.74, 6) is 0.0990. The number of likely N-dealkylation sites (N-methyl/N-ethyl adjacent to an activating group) is 1. The lowest BCUT2D eigenvalue weighted by Crippen LogP contribution is -2.38. The van der Waals surface area contributed by atoms with Crippen molar-refractivity contribution in [3.8, 4) is 0 Å². The number of halogens is 2. The molecule has 0 unspecified atom stereocenters. The van der Waals surface area contributed by atoms with Gasteiger partial charge in [0.05, 0.1) is 16.9 Å². The van der Waals surface area contributed by atoms with Crippen molar-refractivity contribution in [2.45, 2.75) is 31.1 Å². The first-order chi connectivity index (χ1) is 14.4. The summed E-state index contributed by atoms with van der Waals surface area (Å²) in [6.07, 6.45) is 7.17. The Morgan fingerprint density at radius 1 is 1.40 bits per heavy atom. The number of carboxylic acid groups (broad SMARTS) is 1. The van der Waals surface area contributed by atoms with Crippen LogP contribution in [0.3, 0.4) is 0 Å². The average molecular weight is 433 g/mol. The van der Waals surface area contributed by atoms with Crippen LogP contribution < -0.4 is 15.6 Å². The number of hydrogen-bond acceptors (Lipinski definition) is 5. The van der Waals surface area contributed by atoms with Gasteiger partial charge in [-0.2, -0.15) is 0 Å². The number of nitrogens with zero attached hydrogens (tertiary/aromatic N) is 3.